The van der Waals surface area contributed by atoms with Crippen LogP contribution in [0.25, 0.3) is 10.9 Å². The van der Waals surface area contributed by atoms with Crippen molar-refractivity contribution >= 4 is 16.8 Å². The molecule has 1 saturated heterocycles. The van der Waals surface area contributed by atoms with Gasteiger partial charge in [-0.3, -0.25) is 14.2 Å². The minimum atomic E-state index is -0.426. The Kier molecular flexibility index (Phi) is 4.27. The van der Waals surface area contributed by atoms with Gasteiger partial charge in [0.15, 0.2) is 0 Å². The van der Waals surface area contributed by atoms with Gasteiger partial charge in [0.2, 0.25) is 5.91 Å². The van der Waals surface area contributed by atoms with Gasteiger partial charge in [0.25, 0.3) is 5.56 Å². The summed E-state index contributed by atoms with van der Waals surface area (Å²) in [5, 5.41) is 0.339. The van der Waals surface area contributed by atoms with Crippen molar-refractivity contribution in [3.63, 3.8) is 0 Å². The third-order valence-electron chi connectivity index (χ3n) is 5.66. The van der Waals surface area contributed by atoms with E-state index in [1.807, 2.05) is 4.90 Å². The molecule has 2 heterocycles. The number of hydrogen-bond donors (Lipinski definition) is 0. The Labute approximate surface area is 145 Å². The van der Waals surface area contributed by atoms with E-state index in [0.717, 1.165) is 19.4 Å². The monoisotopic (exact) mass is 343 g/mol. The number of halogens is 1. The van der Waals surface area contributed by atoms with Crippen molar-refractivity contribution in [2.24, 2.45) is 5.92 Å². The molecule has 0 bridgehead atoms. The van der Waals surface area contributed by atoms with Gasteiger partial charge in [0, 0.05) is 18.7 Å². The molecule has 132 valence electrons. The third kappa shape index (κ3) is 3.05. The summed E-state index contributed by atoms with van der Waals surface area (Å²) in [6.07, 6.45) is 8.30. The van der Waals surface area contributed by atoms with Gasteiger partial charge < -0.3 is 4.90 Å². The van der Waals surface area contributed by atoms with Crippen molar-refractivity contribution in [3.8, 4) is 0 Å². The molecule has 1 aromatic heterocycles. The van der Waals surface area contributed by atoms with Crippen molar-refractivity contribution in [2.75, 3.05) is 6.54 Å². The van der Waals surface area contributed by atoms with Crippen LogP contribution in [0.2, 0.25) is 0 Å². The minimum absolute atomic E-state index is 0.00235. The molecule has 0 unspecified atom stereocenters. The predicted octanol–water partition coefficient (Wildman–Crippen LogP) is 2.72. The molecule has 0 radical (unpaired) electrons. The van der Waals surface area contributed by atoms with Gasteiger partial charge in [0.05, 0.1) is 17.2 Å². The van der Waals surface area contributed by atoms with E-state index in [-0.39, 0.29) is 18.0 Å². The lowest BCUT2D eigenvalue weighted by Gasteiger charge is -2.44. The Morgan fingerprint density at radius 3 is 2.88 bits per heavy atom. The molecule has 1 aliphatic carbocycles. The van der Waals surface area contributed by atoms with Crippen LogP contribution in [0.3, 0.4) is 0 Å². The van der Waals surface area contributed by atoms with Crippen LogP contribution in [-0.2, 0) is 11.3 Å². The van der Waals surface area contributed by atoms with Crippen LogP contribution in [0.15, 0.2) is 29.3 Å². The van der Waals surface area contributed by atoms with Gasteiger partial charge in [-0.05, 0) is 43.7 Å². The van der Waals surface area contributed by atoms with Gasteiger partial charge in [-0.25, -0.2) is 9.37 Å². The first-order valence-electron chi connectivity index (χ1n) is 9.07. The largest absolute Gasteiger partial charge is 0.338 e. The van der Waals surface area contributed by atoms with Crippen LogP contribution in [0.5, 0.6) is 0 Å². The van der Waals surface area contributed by atoms with E-state index in [9.17, 15) is 14.0 Å². The lowest BCUT2D eigenvalue weighted by Crippen LogP contribution is -2.51. The van der Waals surface area contributed by atoms with E-state index >= 15 is 0 Å². The van der Waals surface area contributed by atoms with E-state index in [2.05, 4.69) is 4.98 Å². The molecule has 1 aliphatic heterocycles. The number of carbonyl (C=O) groups excluding carboxylic acids is 1. The first kappa shape index (κ1) is 16.2. The molecule has 2 aliphatic rings. The van der Waals surface area contributed by atoms with Gasteiger partial charge in [-0.1, -0.05) is 12.8 Å². The molecule has 0 N–H and O–H groups in total. The maximum Gasteiger partial charge on any atom is 0.261 e. The summed E-state index contributed by atoms with van der Waals surface area (Å²) in [5.74, 6) is 0.174. The summed E-state index contributed by atoms with van der Waals surface area (Å²) in [4.78, 5) is 31.5. The highest BCUT2D eigenvalue weighted by atomic mass is 19.1. The second-order valence-corrected chi connectivity index (χ2v) is 7.18. The standard InChI is InChI=1S/C19H22FN3O2/c20-14-7-8-15-16(10-14)21-12-22(19(15)25)11-18(24)23-9-3-5-13-4-1-2-6-17(13)23/h7-8,10,12-13,17H,1-6,9,11H2/t13-,17+/m0/s1. The van der Waals surface area contributed by atoms with E-state index in [1.165, 1.54) is 54.8 Å². The molecular weight excluding hydrogens is 321 g/mol. The second-order valence-electron chi connectivity index (χ2n) is 7.18. The highest BCUT2D eigenvalue weighted by Gasteiger charge is 2.35. The number of rotatable bonds is 2. The van der Waals surface area contributed by atoms with E-state index in [0.29, 0.717) is 22.9 Å². The Morgan fingerprint density at radius 2 is 2.00 bits per heavy atom. The number of nitrogens with zero attached hydrogens (tertiary/aromatic N) is 3. The average Bonchev–Trinajstić information content (AvgIpc) is 2.63. The quantitative estimate of drug-likeness (QED) is 0.842. The van der Waals surface area contributed by atoms with Crippen molar-refractivity contribution in [1.29, 1.82) is 0 Å². The highest BCUT2D eigenvalue weighted by Crippen LogP contribution is 2.35. The highest BCUT2D eigenvalue weighted by molar-refractivity contribution is 5.79. The van der Waals surface area contributed by atoms with Crippen molar-refractivity contribution < 1.29 is 9.18 Å². The van der Waals surface area contributed by atoms with Crippen LogP contribution >= 0.6 is 0 Å². The summed E-state index contributed by atoms with van der Waals surface area (Å²) in [5.41, 5.74) is 0.0227. The van der Waals surface area contributed by atoms with Crippen LogP contribution < -0.4 is 5.56 Å². The number of amides is 1. The topological polar surface area (TPSA) is 55.2 Å². The summed E-state index contributed by atoms with van der Waals surface area (Å²) >= 11 is 0. The van der Waals surface area contributed by atoms with Crippen LogP contribution in [0.4, 0.5) is 4.39 Å². The molecule has 1 aromatic carbocycles. The molecule has 1 amide bonds. The summed E-state index contributed by atoms with van der Waals surface area (Å²) in [6.45, 7) is 0.781. The molecule has 1 saturated carbocycles. The van der Waals surface area contributed by atoms with Gasteiger partial charge in [0.1, 0.15) is 12.4 Å². The minimum Gasteiger partial charge on any atom is -0.338 e. The number of aromatic nitrogens is 2. The Hall–Kier alpha value is -2.24. The second kappa shape index (κ2) is 6.58. The number of piperidine rings is 1. The molecule has 2 fully saturated rings. The third-order valence-corrected chi connectivity index (χ3v) is 5.66. The first-order valence-corrected chi connectivity index (χ1v) is 9.07. The van der Waals surface area contributed by atoms with E-state index < -0.39 is 5.82 Å². The fourth-order valence-corrected chi connectivity index (χ4v) is 4.42. The van der Waals surface area contributed by atoms with Crippen LogP contribution in [0.1, 0.15) is 38.5 Å². The molecule has 0 spiro atoms. The molecular formula is C19H22FN3O2. The van der Waals surface area contributed by atoms with Crippen molar-refractivity contribution in [1.82, 2.24) is 14.5 Å². The fraction of sp³-hybridized carbons (Fsp3) is 0.526. The SMILES string of the molecule is O=C(Cn1cnc2cc(F)ccc2c1=O)N1CCC[C@@H]2CCCC[C@H]21. The van der Waals surface area contributed by atoms with Crippen molar-refractivity contribution in [2.45, 2.75) is 51.1 Å². The maximum atomic E-state index is 13.3. The number of carbonyl (C=O) groups is 1. The number of benzene rings is 1. The molecule has 5 nitrogen and oxygen atoms in total. The Morgan fingerprint density at radius 1 is 1.20 bits per heavy atom. The average molecular weight is 343 g/mol. The summed E-state index contributed by atoms with van der Waals surface area (Å²) in [6, 6.07) is 4.24. The first-order chi connectivity index (χ1) is 12.1. The van der Waals surface area contributed by atoms with Crippen LogP contribution in [-0.4, -0.2) is 32.9 Å². The maximum absolute atomic E-state index is 13.3. The van der Waals surface area contributed by atoms with Crippen molar-refractivity contribution in [3.05, 3.63) is 40.7 Å². The summed E-state index contributed by atoms with van der Waals surface area (Å²) < 4.78 is 14.6. The normalized spacial score (nSPS) is 23.5. The molecule has 25 heavy (non-hydrogen) atoms. The molecule has 2 aromatic rings. The fourth-order valence-electron chi connectivity index (χ4n) is 4.42. The molecule has 4 rings (SSSR count). The van der Waals surface area contributed by atoms with Gasteiger partial charge >= 0.3 is 0 Å². The number of hydrogen-bond acceptors (Lipinski definition) is 3. The van der Waals surface area contributed by atoms with Gasteiger partial charge in [-0.15, -0.1) is 0 Å². The summed E-state index contributed by atoms with van der Waals surface area (Å²) in [7, 11) is 0. The van der Waals surface area contributed by atoms with Gasteiger partial charge in [-0.2, -0.15) is 0 Å². The molecule has 2 atom stereocenters. The smallest absolute Gasteiger partial charge is 0.261 e. The van der Waals surface area contributed by atoms with E-state index in [4.69, 9.17) is 0 Å². The predicted molar refractivity (Wildman–Crippen MR) is 92.7 cm³/mol. The Balaban J connectivity index is 1.58. The lowest BCUT2D eigenvalue weighted by atomic mass is 9.78. The van der Waals surface area contributed by atoms with Crippen LogP contribution in [0, 0.1) is 11.7 Å². The molecule has 6 heteroatoms. The number of likely N-dealkylation sites (tertiary alicyclic amines) is 1. The lowest BCUT2D eigenvalue weighted by molar-refractivity contribution is -0.138. The zero-order chi connectivity index (χ0) is 17.4. The Bertz CT molecular complexity index is 861. The van der Waals surface area contributed by atoms with E-state index in [1.54, 1.807) is 0 Å². The number of fused-ring (bicyclic) bond motifs is 2. The zero-order valence-corrected chi connectivity index (χ0v) is 14.2. The zero-order valence-electron chi connectivity index (χ0n) is 14.2.